The lowest BCUT2D eigenvalue weighted by Crippen LogP contribution is -2.54. The number of piperidine rings is 2. The molecule has 29 heavy (non-hydrogen) atoms. The summed E-state index contributed by atoms with van der Waals surface area (Å²) in [5, 5.41) is 29.0. The van der Waals surface area contributed by atoms with Gasteiger partial charge in [-0.2, -0.15) is 5.10 Å². The van der Waals surface area contributed by atoms with Crippen LogP contribution in [0.3, 0.4) is 0 Å². The molecule has 7 nitrogen and oxygen atoms in total. The van der Waals surface area contributed by atoms with E-state index >= 15 is 0 Å². The average molecular weight is 395 g/mol. The number of aromatic amines is 1. The maximum absolute atomic E-state index is 13.7. The lowest BCUT2D eigenvalue weighted by atomic mass is 9.84. The molecule has 2 bridgehead atoms. The molecule has 2 aromatic heterocycles. The molecule has 2 aliphatic heterocycles. The van der Waals surface area contributed by atoms with Gasteiger partial charge in [-0.15, -0.1) is 10.2 Å². The smallest absolute Gasteiger partial charge is 0.233 e. The Morgan fingerprint density at radius 3 is 2.48 bits per heavy atom. The van der Waals surface area contributed by atoms with Gasteiger partial charge >= 0.3 is 0 Å². The number of alkyl halides is 1. The van der Waals surface area contributed by atoms with Crippen molar-refractivity contribution in [1.29, 1.82) is 0 Å². The van der Waals surface area contributed by atoms with E-state index in [2.05, 4.69) is 25.7 Å². The van der Waals surface area contributed by atoms with Gasteiger partial charge in [0.25, 0.3) is 0 Å². The molecule has 0 spiro atoms. The molecule has 5 rings (SSSR count). The van der Waals surface area contributed by atoms with Crippen LogP contribution in [0.5, 0.6) is 11.6 Å². The lowest BCUT2D eigenvalue weighted by molar-refractivity contribution is 0.0599. The molecule has 0 radical (unpaired) electrons. The number of aromatic hydroxyl groups is 1. The van der Waals surface area contributed by atoms with E-state index in [1.807, 2.05) is 12.1 Å². The van der Waals surface area contributed by atoms with Crippen molar-refractivity contribution in [2.75, 3.05) is 0 Å². The van der Waals surface area contributed by atoms with Crippen LogP contribution in [-0.4, -0.2) is 49.9 Å². The Labute approximate surface area is 167 Å². The predicted octanol–water partition coefficient (Wildman–Crippen LogP) is 3.24. The van der Waals surface area contributed by atoms with Gasteiger partial charge in [-0.25, -0.2) is 4.39 Å². The van der Waals surface area contributed by atoms with E-state index in [4.69, 9.17) is 4.74 Å². The minimum atomic E-state index is -0.709. The second kappa shape index (κ2) is 7.44. The van der Waals surface area contributed by atoms with Gasteiger partial charge in [0.2, 0.25) is 5.88 Å². The molecule has 150 valence electrons. The summed E-state index contributed by atoms with van der Waals surface area (Å²) in [4.78, 5) is 0. The number of hydrogen-bond acceptors (Lipinski definition) is 6. The number of rotatable bonds is 4. The number of H-pyrrole nitrogens is 1. The topological polar surface area (TPSA) is 96.0 Å². The van der Waals surface area contributed by atoms with Crippen LogP contribution >= 0.6 is 0 Å². The molecule has 0 amide bonds. The Morgan fingerprint density at radius 1 is 1.00 bits per heavy atom. The Balaban J connectivity index is 1.28. The number of halogens is 1. The summed E-state index contributed by atoms with van der Waals surface area (Å²) in [7, 11) is 0. The van der Waals surface area contributed by atoms with Gasteiger partial charge in [0.05, 0.1) is 11.9 Å². The molecule has 4 heterocycles. The number of nitrogens with zero attached hydrogens (tertiary/aromatic N) is 3. The summed E-state index contributed by atoms with van der Waals surface area (Å²) in [6.45, 7) is 0. The van der Waals surface area contributed by atoms with Crippen LogP contribution < -0.4 is 10.1 Å². The normalized spacial score (nSPS) is 26.2. The highest BCUT2D eigenvalue weighted by Crippen LogP contribution is 2.33. The Hall–Kier alpha value is -3.00. The van der Waals surface area contributed by atoms with E-state index in [1.54, 1.807) is 30.6 Å². The van der Waals surface area contributed by atoms with Crippen LogP contribution in [0.4, 0.5) is 4.39 Å². The van der Waals surface area contributed by atoms with Gasteiger partial charge in [0.15, 0.2) is 0 Å². The molecular formula is C21H22FN5O2. The van der Waals surface area contributed by atoms with Gasteiger partial charge in [0.1, 0.15) is 18.0 Å². The Kier molecular flexibility index (Phi) is 4.63. The fraction of sp³-hybridized carbons (Fsp3) is 0.381. The average Bonchev–Trinajstić information content (AvgIpc) is 3.23. The standard InChI is InChI=1S/C21H22FN5O2/c22-14-6-15-8-17(9-16(7-14)25-15)29-21-4-3-19(26-27-21)18-2-1-12(5-20(18)28)13-10-23-24-11-13/h1-5,10-11,14-17,25,28H,6-9H2,(H,23,24)/t14-,15+,16-,17+. The molecule has 1 aromatic carbocycles. The van der Waals surface area contributed by atoms with Crippen molar-refractivity contribution in [3.05, 3.63) is 42.7 Å². The van der Waals surface area contributed by atoms with Gasteiger partial charge in [-0.1, -0.05) is 6.07 Å². The van der Waals surface area contributed by atoms with E-state index < -0.39 is 6.17 Å². The van der Waals surface area contributed by atoms with Crippen LogP contribution in [0.1, 0.15) is 25.7 Å². The first-order valence-corrected chi connectivity index (χ1v) is 9.87. The van der Waals surface area contributed by atoms with Crippen LogP contribution in [-0.2, 0) is 0 Å². The predicted molar refractivity (Wildman–Crippen MR) is 105 cm³/mol. The second-order valence-corrected chi connectivity index (χ2v) is 7.82. The largest absolute Gasteiger partial charge is 0.507 e. The summed E-state index contributed by atoms with van der Waals surface area (Å²) in [6.07, 6.45) is 5.42. The third-order valence-corrected chi connectivity index (χ3v) is 5.68. The summed E-state index contributed by atoms with van der Waals surface area (Å²) in [6, 6.07) is 9.27. The Bertz CT molecular complexity index is 961. The van der Waals surface area contributed by atoms with Crippen molar-refractivity contribution >= 4 is 0 Å². The molecule has 2 saturated heterocycles. The van der Waals surface area contributed by atoms with Crippen molar-refractivity contribution in [2.45, 2.75) is 50.0 Å². The minimum absolute atomic E-state index is 0.0153. The van der Waals surface area contributed by atoms with E-state index in [1.165, 1.54) is 0 Å². The molecule has 3 aromatic rings. The van der Waals surface area contributed by atoms with Crippen molar-refractivity contribution < 1.29 is 14.2 Å². The molecule has 2 fully saturated rings. The van der Waals surface area contributed by atoms with E-state index in [9.17, 15) is 9.50 Å². The fourth-order valence-corrected chi connectivity index (χ4v) is 4.37. The van der Waals surface area contributed by atoms with Gasteiger partial charge in [-0.3, -0.25) is 5.10 Å². The summed E-state index contributed by atoms with van der Waals surface area (Å²) in [5.74, 6) is 0.573. The zero-order chi connectivity index (χ0) is 19.8. The quantitative estimate of drug-likeness (QED) is 0.628. The molecule has 2 aliphatic rings. The number of nitrogens with one attached hydrogen (secondary N) is 2. The number of ether oxygens (including phenoxy) is 1. The van der Waals surface area contributed by atoms with Crippen molar-refractivity contribution in [2.24, 2.45) is 0 Å². The number of phenolic OH excluding ortho intramolecular Hbond substituents is 1. The van der Waals surface area contributed by atoms with Crippen molar-refractivity contribution in [3.63, 3.8) is 0 Å². The molecule has 0 unspecified atom stereocenters. The minimum Gasteiger partial charge on any atom is -0.507 e. The number of aromatic nitrogens is 4. The maximum atomic E-state index is 13.7. The van der Waals surface area contributed by atoms with E-state index in [0.29, 0.717) is 30.0 Å². The van der Waals surface area contributed by atoms with Crippen molar-refractivity contribution in [3.8, 4) is 34.0 Å². The molecular weight excluding hydrogens is 373 g/mol. The van der Waals surface area contributed by atoms with Gasteiger partial charge in [-0.05, 0) is 49.4 Å². The third-order valence-electron chi connectivity index (χ3n) is 5.68. The van der Waals surface area contributed by atoms with Crippen LogP contribution in [0.25, 0.3) is 22.4 Å². The van der Waals surface area contributed by atoms with E-state index in [0.717, 1.165) is 24.0 Å². The van der Waals surface area contributed by atoms with Gasteiger partial charge < -0.3 is 15.2 Å². The third kappa shape index (κ3) is 3.80. The van der Waals surface area contributed by atoms with E-state index in [-0.39, 0.29) is 23.9 Å². The molecule has 8 heteroatoms. The number of fused-ring (bicyclic) bond motifs is 2. The molecule has 0 aliphatic carbocycles. The zero-order valence-electron chi connectivity index (χ0n) is 15.8. The van der Waals surface area contributed by atoms with Crippen molar-refractivity contribution in [1.82, 2.24) is 25.7 Å². The number of benzene rings is 1. The Morgan fingerprint density at radius 2 is 1.83 bits per heavy atom. The van der Waals surface area contributed by atoms with Crippen LogP contribution in [0.2, 0.25) is 0 Å². The fourth-order valence-electron chi connectivity index (χ4n) is 4.37. The monoisotopic (exact) mass is 395 g/mol. The lowest BCUT2D eigenvalue weighted by Gasteiger charge is -2.41. The second-order valence-electron chi connectivity index (χ2n) is 7.82. The first kappa shape index (κ1) is 18.1. The first-order chi connectivity index (χ1) is 14.1. The molecule has 3 N–H and O–H groups in total. The highest BCUT2D eigenvalue weighted by molar-refractivity contribution is 5.73. The summed E-state index contributed by atoms with van der Waals surface area (Å²) < 4.78 is 19.7. The summed E-state index contributed by atoms with van der Waals surface area (Å²) >= 11 is 0. The van der Waals surface area contributed by atoms with Crippen LogP contribution in [0, 0.1) is 0 Å². The molecule has 4 atom stereocenters. The highest BCUT2D eigenvalue weighted by atomic mass is 19.1. The first-order valence-electron chi connectivity index (χ1n) is 9.87. The highest BCUT2D eigenvalue weighted by Gasteiger charge is 2.36. The molecule has 0 saturated carbocycles. The maximum Gasteiger partial charge on any atom is 0.233 e. The zero-order valence-corrected chi connectivity index (χ0v) is 15.8. The van der Waals surface area contributed by atoms with Crippen LogP contribution in [0.15, 0.2) is 42.7 Å². The SMILES string of the molecule is Oc1cc(-c2cn[nH]c2)ccc1-c1ccc(O[C@@H]2C[C@H]3C[C@H](F)C[C@@H](C2)N3)nn1. The number of phenols is 1. The number of hydrogen-bond donors (Lipinski definition) is 3. The summed E-state index contributed by atoms with van der Waals surface area (Å²) in [5.41, 5.74) is 2.92. The van der Waals surface area contributed by atoms with Gasteiger partial charge in [0, 0.05) is 35.5 Å².